The van der Waals surface area contributed by atoms with Gasteiger partial charge in [0.05, 0.1) is 4.90 Å². The van der Waals surface area contributed by atoms with E-state index in [0.717, 1.165) is 18.4 Å². The molecule has 0 atom stereocenters. The number of aryl methyl sites for hydroxylation is 1. The first-order chi connectivity index (χ1) is 6.04. The van der Waals surface area contributed by atoms with Gasteiger partial charge in [-0.3, -0.25) is 0 Å². The van der Waals surface area contributed by atoms with Gasteiger partial charge in [-0.1, -0.05) is 25.5 Å². The molecule has 1 rings (SSSR count). The Hall–Kier alpha value is 0.130. The van der Waals surface area contributed by atoms with Gasteiger partial charge in [0.2, 0.25) is 0 Å². The third kappa shape index (κ3) is 4.11. The molecule has 0 aliphatic heterocycles. The van der Waals surface area contributed by atoms with Crippen molar-refractivity contribution in [3.05, 3.63) is 29.8 Å². The summed E-state index contributed by atoms with van der Waals surface area (Å²) >= 11 is 0. The van der Waals surface area contributed by atoms with Gasteiger partial charge in [0, 0.05) is 0 Å². The van der Waals surface area contributed by atoms with Gasteiger partial charge in [-0.25, -0.2) is 8.42 Å². The molecular formula is C9H11NaO3S. The summed E-state index contributed by atoms with van der Waals surface area (Å²) in [6.07, 6.45) is 1.73. The predicted molar refractivity (Wildman–Crippen MR) is 48.4 cm³/mol. The zero-order valence-electron chi connectivity index (χ0n) is 8.36. The molecule has 0 saturated heterocycles. The Kier molecular flexibility index (Phi) is 5.93. The maximum absolute atomic E-state index is 10.6. The molecule has 0 saturated carbocycles. The molecule has 5 heteroatoms. The fourth-order valence-corrected chi connectivity index (χ4v) is 1.69. The average Bonchev–Trinajstić information content (AvgIpc) is 2.04. The molecule has 0 aliphatic rings. The van der Waals surface area contributed by atoms with E-state index in [2.05, 4.69) is 0 Å². The van der Waals surface area contributed by atoms with Crippen LogP contribution in [0.1, 0.15) is 18.9 Å². The minimum absolute atomic E-state index is 0. The van der Waals surface area contributed by atoms with E-state index in [4.69, 9.17) is 0 Å². The summed E-state index contributed by atoms with van der Waals surface area (Å²) in [7, 11) is -4.29. The minimum Gasteiger partial charge on any atom is -0.744 e. The first-order valence-corrected chi connectivity index (χ1v) is 5.49. The average molecular weight is 222 g/mol. The summed E-state index contributed by atoms with van der Waals surface area (Å²) in [5.41, 5.74) is 0.888. The zero-order chi connectivity index (χ0) is 9.90. The van der Waals surface area contributed by atoms with Crippen LogP contribution in [0.15, 0.2) is 29.2 Å². The summed E-state index contributed by atoms with van der Waals surface area (Å²) in [6, 6.07) is 6.17. The fourth-order valence-electron chi connectivity index (χ4n) is 1.15. The van der Waals surface area contributed by atoms with Crippen LogP contribution < -0.4 is 29.6 Å². The van der Waals surface area contributed by atoms with E-state index in [-0.39, 0.29) is 34.5 Å². The van der Waals surface area contributed by atoms with Gasteiger partial charge in [0.15, 0.2) is 0 Å². The van der Waals surface area contributed by atoms with E-state index in [1.807, 2.05) is 13.0 Å². The largest absolute Gasteiger partial charge is 1.00 e. The molecule has 72 valence electrons. The second-order valence-corrected chi connectivity index (χ2v) is 4.23. The van der Waals surface area contributed by atoms with Crippen molar-refractivity contribution in [3.8, 4) is 0 Å². The van der Waals surface area contributed by atoms with E-state index in [0.29, 0.717) is 0 Å². The summed E-state index contributed by atoms with van der Waals surface area (Å²) in [4.78, 5) is -0.140. The van der Waals surface area contributed by atoms with Crippen molar-refractivity contribution in [2.75, 3.05) is 0 Å². The van der Waals surface area contributed by atoms with Crippen molar-refractivity contribution in [1.29, 1.82) is 0 Å². The van der Waals surface area contributed by atoms with Crippen LogP contribution in [0, 0.1) is 0 Å². The van der Waals surface area contributed by atoms with Crippen LogP contribution in [-0.2, 0) is 16.5 Å². The van der Waals surface area contributed by atoms with Gasteiger partial charge in [0.25, 0.3) is 0 Å². The number of benzene rings is 1. The zero-order valence-corrected chi connectivity index (χ0v) is 11.2. The smallest absolute Gasteiger partial charge is 0.744 e. The normalized spacial score (nSPS) is 10.7. The van der Waals surface area contributed by atoms with E-state index in [1.54, 1.807) is 6.07 Å². The molecule has 0 N–H and O–H groups in total. The quantitative estimate of drug-likeness (QED) is 0.464. The first kappa shape index (κ1) is 14.1. The van der Waals surface area contributed by atoms with Crippen molar-refractivity contribution in [3.63, 3.8) is 0 Å². The molecule has 0 aromatic heterocycles. The number of rotatable bonds is 3. The molecule has 0 bridgehead atoms. The van der Waals surface area contributed by atoms with Gasteiger partial charge >= 0.3 is 29.6 Å². The van der Waals surface area contributed by atoms with Crippen molar-refractivity contribution >= 4 is 10.1 Å². The molecule has 0 amide bonds. The Bertz CT molecular complexity index is 387. The minimum atomic E-state index is -4.29. The van der Waals surface area contributed by atoms with Gasteiger partial charge < -0.3 is 4.55 Å². The van der Waals surface area contributed by atoms with Gasteiger partial charge in [-0.05, 0) is 24.1 Å². The van der Waals surface area contributed by atoms with Crippen LogP contribution >= 0.6 is 0 Å². The molecule has 1 aromatic carbocycles. The SMILES string of the molecule is CCCc1cccc(S(=O)(=O)[O-])c1.[Na+]. The van der Waals surface area contributed by atoms with Crippen molar-refractivity contribution in [2.24, 2.45) is 0 Å². The van der Waals surface area contributed by atoms with Crippen molar-refractivity contribution in [2.45, 2.75) is 24.7 Å². The molecule has 3 nitrogen and oxygen atoms in total. The van der Waals surface area contributed by atoms with Gasteiger partial charge in [-0.15, -0.1) is 0 Å². The monoisotopic (exact) mass is 222 g/mol. The molecule has 0 spiro atoms. The van der Waals surface area contributed by atoms with Gasteiger partial charge in [0.1, 0.15) is 10.1 Å². The van der Waals surface area contributed by atoms with E-state index < -0.39 is 10.1 Å². The molecule has 0 unspecified atom stereocenters. The van der Waals surface area contributed by atoms with Crippen LogP contribution in [0.5, 0.6) is 0 Å². The van der Waals surface area contributed by atoms with Crippen LogP contribution in [0.4, 0.5) is 0 Å². The summed E-state index contributed by atoms with van der Waals surface area (Å²) < 4.78 is 31.9. The molecule has 0 aliphatic carbocycles. The Morgan fingerprint density at radius 2 is 2.00 bits per heavy atom. The van der Waals surface area contributed by atoms with Crippen LogP contribution in [-0.4, -0.2) is 13.0 Å². The predicted octanol–water partition coefficient (Wildman–Crippen LogP) is -1.45. The fraction of sp³-hybridized carbons (Fsp3) is 0.333. The number of hydrogen-bond acceptors (Lipinski definition) is 3. The van der Waals surface area contributed by atoms with Crippen molar-refractivity contribution in [1.82, 2.24) is 0 Å². The van der Waals surface area contributed by atoms with E-state index >= 15 is 0 Å². The maximum atomic E-state index is 10.6. The second kappa shape index (κ2) is 5.88. The Balaban J connectivity index is 0.00000169. The van der Waals surface area contributed by atoms with E-state index in [1.165, 1.54) is 12.1 Å². The maximum Gasteiger partial charge on any atom is 1.00 e. The van der Waals surface area contributed by atoms with Crippen LogP contribution in [0.25, 0.3) is 0 Å². The number of hydrogen-bond donors (Lipinski definition) is 0. The molecule has 0 radical (unpaired) electrons. The van der Waals surface area contributed by atoms with Crippen LogP contribution in [0.3, 0.4) is 0 Å². The second-order valence-electron chi connectivity index (χ2n) is 2.85. The first-order valence-electron chi connectivity index (χ1n) is 4.09. The summed E-state index contributed by atoms with van der Waals surface area (Å²) in [5, 5.41) is 0. The molecule has 0 fully saturated rings. The Labute approximate surface area is 107 Å². The molecule has 14 heavy (non-hydrogen) atoms. The van der Waals surface area contributed by atoms with E-state index in [9.17, 15) is 13.0 Å². The third-order valence-electron chi connectivity index (χ3n) is 1.73. The van der Waals surface area contributed by atoms with Gasteiger partial charge in [-0.2, -0.15) is 0 Å². The Morgan fingerprint density at radius 3 is 2.50 bits per heavy atom. The topological polar surface area (TPSA) is 57.2 Å². The molecule has 0 heterocycles. The summed E-state index contributed by atoms with van der Waals surface area (Å²) in [5.74, 6) is 0. The Morgan fingerprint density at radius 1 is 1.36 bits per heavy atom. The standard InChI is InChI=1S/C9H12O3S.Na/c1-2-4-8-5-3-6-9(7-8)13(10,11)12;/h3,5-7H,2,4H2,1H3,(H,10,11,12);/q;+1/p-1. The van der Waals surface area contributed by atoms with Crippen LogP contribution in [0.2, 0.25) is 0 Å². The molecular weight excluding hydrogens is 211 g/mol. The third-order valence-corrected chi connectivity index (χ3v) is 2.56. The van der Waals surface area contributed by atoms with Crippen molar-refractivity contribution < 1.29 is 42.5 Å². The summed E-state index contributed by atoms with van der Waals surface area (Å²) in [6.45, 7) is 2.00. The molecule has 1 aromatic rings.